The summed E-state index contributed by atoms with van der Waals surface area (Å²) in [5.74, 6) is 0.982. The zero-order chi connectivity index (χ0) is 14.0. The highest BCUT2D eigenvalue weighted by atomic mass is 16.5. The molecule has 1 aliphatic carbocycles. The van der Waals surface area contributed by atoms with E-state index in [0.717, 1.165) is 18.7 Å². The van der Waals surface area contributed by atoms with Crippen LogP contribution >= 0.6 is 0 Å². The summed E-state index contributed by atoms with van der Waals surface area (Å²) in [5.41, 5.74) is 8.92. The minimum Gasteiger partial charge on any atom is -0.496 e. The third kappa shape index (κ3) is 2.63. The lowest BCUT2D eigenvalue weighted by atomic mass is 9.87. The molecular formula is C16H26N2O. The summed E-state index contributed by atoms with van der Waals surface area (Å²) in [5, 5.41) is 0. The van der Waals surface area contributed by atoms with E-state index in [0.29, 0.717) is 6.04 Å². The minimum absolute atomic E-state index is 0.239. The van der Waals surface area contributed by atoms with Crippen molar-refractivity contribution in [3.8, 4) is 5.75 Å². The fourth-order valence-electron chi connectivity index (χ4n) is 3.12. The average Bonchev–Trinajstić information content (AvgIpc) is 3.19. The van der Waals surface area contributed by atoms with E-state index in [1.807, 2.05) is 0 Å². The Kier molecular flexibility index (Phi) is 4.16. The van der Waals surface area contributed by atoms with Crippen LogP contribution in [0.2, 0.25) is 0 Å². The Balaban J connectivity index is 2.46. The number of hydrogen-bond acceptors (Lipinski definition) is 3. The normalized spacial score (nSPS) is 18.4. The predicted octanol–water partition coefficient (Wildman–Crippen LogP) is 2.60. The van der Waals surface area contributed by atoms with Gasteiger partial charge in [-0.2, -0.15) is 0 Å². The molecule has 0 heterocycles. The molecule has 3 nitrogen and oxygen atoms in total. The summed E-state index contributed by atoms with van der Waals surface area (Å²) in [7, 11) is 6.02. The van der Waals surface area contributed by atoms with Gasteiger partial charge in [-0.1, -0.05) is 19.1 Å². The Morgan fingerprint density at radius 2 is 2.05 bits per heavy atom. The van der Waals surface area contributed by atoms with Gasteiger partial charge in [0.05, 0.1) is 7.11 Å². The van der Waals surface area contributed by atoms with Gasteiger partial charge in [-0.05, 0) is 51.5 Å². The van der Waals surface area contributed by atoms with Crippen LogP contribution in [-0.4, -0.2) is 32.6 Å². The summed E-state index contributed by atoms with van der Waals surface area (Å²) in [6, 6.07) is 6.88. The molecule has 0 radical (unpaired) electrons. The second-order valence-electron chi connectivity index (χ2n) is 5.86. The van der Waals surface area contributed by atoms with Gasteiger partial charge in [-0.15, -0.1) is 0 Å². The second kappa shape index (κ2) is 5.51. The van der Waals surface area contributed by atoms with Gasteiger partial charge in [0.2, 0.25) is 0 Å². The molecule has 0 saturated heterocycles. The van der Waals surface area contributed by atoms with Crippen molar-refractivity contribution in [3.63, 3.8) is 0 Å². The van der Waals surface area contributed by atoms with Gasteiger partial charge in [-0.3, -0.25) is 0 Å². The number of hydrogen-bond donors (Lipinski definition) is 1. The summed E-state index contributed by atoms with van der Waals surface area (Å²) < 4.78 is 5.58. The van der Waals surface area contributed by atoms with E-state index in [9.17, 15) is 0 Å². The molecular weight excluding hydrogens is 236 g/mol. The van der Waals surface area contributed by atoms with Crippen LogP contribution in [0.5, 0.6) is 5.75 Å². The van der Waals surface area contributed by atoms with Gasteiger partial charge in [-0.25, -0.2) is 0 Å². The van der Waals surface area contributed by atoms with Crippen molar-refractivity contribution in [1.29, 1.82) is 0 Å². The van der Waals surface area contributed by atoms with E-state index in [-0.39, 0.29) is 5.41 Å². The predicted molar refractivity (Wildman–Crippen MR) is 79.5 cm³/mol. The molecule has 2 N–H and O–H groups in total. The van der Waals surface area contributed by atoms with E-state index < -0.39 is 0 Å². The molecule has 0 aromatic heterocycles. The van der Waals surface area contributed by atoms with Gasteiger partial charge in [0, 0.05) is 17.0 Å². The van der Waals surface area contributed by atoms with Gasteiger partial charge < -0.3 is 15.4 Å². The number of nitrogens with two attached hydrogens (primary N) is 1. The van der Waals surface area contributed by atoms with Crippen LogP contribution in [0.1, 0.15) is 36.9 Å². The molecule has 0 amide bonds. The van der Waals surface area contributed by atoms with E-state index in [1.165, 1.54) is 24.0 Å². The van der Waals surface area contributed by atoms with Gasteiger partial charge in [0.15, 0.2) is 0 Å². The number of benzene rings is 1. The molecule has 0 spiro atoms. The van der Waals surface area contributed by atoms with Crippen LogP contribution in [0.15, 0.2) is 18.2 Å². The van der Waals surface area contributed by atoms with Gasteiger partial charge in [0.1, 0.15) is 5.75 Å². The summed E-state index contributed by atoms with van der Waals surface area (Å²) in [6.07, 6.45) is 3.48. The number of methoxy groups -OCH3 is 1. The number of ether oxygens (including phenoxy) is 1. The van der Waals surface area contributed by atoms with E-state index in [1.54, 1.807) is 7.11 Å². The minimum atomic E-state index is 0.239. The molecule has 1 saturated carbocycles. The van der Waals surface area contributed by atoms with E-state index >= 15 is 0 Å². The maximum absolute atomic E-state index is 6.04. The Morgan fingerprint density at radius 1 is 1.37 bits per heavy atom. The highest BCUT2D eigenvalue weighted by Crippen LogP contribution is 2.57. The van der Waals surface area contributed by atoms with Crippen LogP contribution in [-0.2, 0) is 6.42 Å². The number of aryl methyl sites for hydroxylation is 1. The summed E-state index contributed by atoms with van der Waals surface area (Å²) in [4.78, 5) is 2.29. The van der Waals surface area contributed by atoms with Gasteiger partial charge >= 0.3 is 0 Å². The van der Waals surface area contributed by atoms with Gasteiger partial charge in [0.25, 0.3) is 0 Å². The van der Waals surface area contributed by atoms with Crippen molar-refractivity contribution in [2.24, 2.45) is 11.1 Å². The topological polar surface area (TPSA) is 38.5 Å². The summed E-state index contributed by atoms with van der Waals surface area (Å²) >= 11 is 0. The zero-order valence-electron chi connectivity index (χ0n) is 12.6. The molecule has 3 heteroatoms. The fraction of sp³-hybridized carbons (Fsp3) is 0.625. The number of rotatable bonds is 6. The first-order valence-corrected chi connectivity index (χ1v) is 7.11. The fourth-order valence-corrected chi connectivity index (χ4v) is 3.12. The maximum atomic E-state index is 6.04. The van der Waals surface area contributed by atoms with Crippen molar-refractivity contribution in [2.45, 2.75) is 32.2 Å². The lowest BCUT2D eigenvalue weighted by Gasteiger charge is -2.33. The highest BCUT2D eigenvalue weighted by molar-refractivity contribution is 5.41. The Labute approximate surface area is 116 Å². The molecule has 1 aromatic carbocycles. The molecule has 1 unspecified atom stereocenters. The highest BCUT2D eigenvalue weighted by Gasteiger charge is 2.50. The molecule has 0 aliphatic heterocycles. The first-order valence-electron chi connectivity index (χ1n) is 7.11. The second-order valence-corrected chi connectivity index (χ2v) is 5.86. The third-order valence-corrected chi connectivity index (χ3v) is 4.39. The van der Waals surface area contributed by atoms with Crippen molar-refractivity contribution in [3.05, 3.63) is 29.3 Å². The lowest BCUT2D eigenvalue weighted by molar-refractivity contribution is 0.193. The van der Waals surface area contributed by atoms with Crippen LogP contribution < -0.4 is 10.5 Å². The monoisotopic (exact) mass is 262 g/mol. The molecule has 19 heavy (non-hydrogen) atoms. The van der Waals surface area contributed by atoms with Crippen LogP contribution in [0.25, 0.3) is 0 Å². The van der Waals surface area contributed by atoms with Crippen molar-refractivity contribution in [1.82, 2.24) is 4.90 Å². The maximum Gasteiger partial charge on any atom is 0.123 e. The molecule has 106 valence electrons. The van der Waals surface area contributed by atoms with Crippen LogP contribution in [0.3, 0.4) is 0 Å². The lowest BCUT2D eigenvalue weighted by Crippen LogP contribution is -2.33. The first kappa shape index (κ1) is 14.4. The third-order valence-electron chi connectivity index (χ3n) is 4.39. The Morgan fingerprint density at radius 3 is 2.47 bits per heavy atom. The zero-order valence-corrected chi connectivity index (χ0v) is 12.6. The average molecular weight is 262 g/mol. The van der Waals surface area contributed by atoms with Crippen molar-refractivity contribution >= 4 is 0 Å². The molecule has 0 bridgehead atoms. The quantitative estimate of drug-likeness (QED) is 0.856. The molecule has 1 aromatic rings. The van der Waals surface area contributed by atoms with E-state index in [4.69, 9.17) is 10.5 Å². The van der Waals surface area contributed by atoms with Crippen LogP contribution in [0.4, 0.5) is 0 Å². The van der Waals surface area contributed by atoms with Crippen molar-refractivity contribution in [2.75, 3.05) is 27.7 Å². The molecule has 2 rings (SSSR count). The standard InChI is InChI=1S/C16H26N2O/c1-5-12-6-7-14(19-4)13(10-12)15(18(2)3)16(11-17)8-9-16/h6-7,10,15H,5,8-9,11,17H2,1-4H3. The largest absolute Gasteiger partial charge is 0.496 e. The smallest absolute Gasteiger partial charge is 0.123 e. The Bertz CT molecular complexity index is 438. The van der Waals surface area contributed by atoms with Crippen molar-refractivity contribution < 1.29 is 4.74 Å². The van der Waals surface area contributed by atoms with Crippen LogP contribution in [0, 0.1) is 5.41 Å². The summed E-state index contributed by atoms with van der Waals surface area (Å²) in [6.45, 7) is 2.93. The Hall–Kier alpha value is -1.06. The molecule has 1 fully saturated rings. The van der Waals surface area contributed by atoms with E-state index in [2.05, 4.69) is 44.1 Å². The molecule has 1 aliphatic rings. The first-order chi connectivity index (χ1) is 9.07. The SMILES string of the molecule is CCc1ccc(OC)c(C(N(C)C)C2(CN)CC2)c1. The molecule has 1 atom stereocenters. The number of nitrogens with zero attached hydrogens (tertiary/aromatic N) is 1.